The fraction of sp³-hybridized carbons (Fsp3) is 0.571. The number of nitrogens with two attached hydrogens (primary N) is 1. The second-order valence-electron chi connectivity index (χ2n) is 5.04. The molecule has 106 valence electrons. The van der Waals surface area contributed by atoms with E-state index in [9.17, 15) is 13.2 Å². The van der Waals surface area contributed by atoms with E-state index in [2.05, 4.69) is 0 Å². The van der Waals surface area contributed by atoms with Crippen LogP contribution < -0.4 is 10.5 Å². The number of alkyl halides is 3. The fourth-order valence-electron chi connectivity index (χ4n) is 2.48. The average molecular weight is 273 g/mol. The topological polar surface area (TPSA) is 35.2 Å². The van der Waals surface area contributed by atoms with Crippen LogP contribution in [0, 0.1) is 5.92 Å². The summed E-state index contributed by atoms with van der Waals surface area (Å²) < 4.78 is 43.0. The summed E-state index contributed by atoms with van der Waals surface area (Å²) in [4.78, 5) is 0. The van der Waals surface area contributed by atoms with E-state index >= 15 is 0 Å². The van der Waals surface area contributed by atoms with Crippen molar-refractivity contribution in [2.45, 2.75) is 37.9 Å². The largest absolute Gasteiger partial charge is 0.492 e. The van der Waals surface area contributed by atoms with Crippen LogP contribution in [0.15, 0.2) is 24.3 Å². The van der Waals surface area contributed by atoms with Crippen LogP contribution in [0.2, 0.25) is 0 Å². The molecule has 0 heterocycles. The Bertz CT molecular complexity index is 413. The van der Waals surface area contributed by atoms with Gasteiger partial charge in [0, 0.05) is 6.04 Å². The number of hydrogen-bond acceptors (Lipinski definition) is 2. The molecule has 1 aliphatic carbocycles. The van der Waals surface area contributed by atoms with Crippen molar-refractivity contribution in [3.8, 4) is 5.75 Å². The molecule has 1 aliphatic rings. The maximum absolute atomic E-state index is 12.5. The van der Waals surface area contributed by atoms with Gasteiger partial charge in [0.25, 0.3) is 0 Å². The molecule has 0 spiro atoms. The van der Waals surface area contributed by atoms with Crippen LogP contribution in [-0.4, -0.2) is 12.6 Å². The van der Waals surface area contributed by atoms with Gasteiger partial charge in [0.2, 0.25) is 0 Å². The van der Waals surface area contributed by atoms with Gasteiger partial charge in [-0.2, -0.15) is 13.2 Å². The minimum atomic E-state index is -4.34. The SMILES string of the molecule is NC(COc1cccc(C(F)(F)F)c1)C1CCCC1. The number of hydrogen-bond donors (Lipinski definition) is 1. The van der Waals surface area contributed by atoms with Crippen LogP contribution in [0.5, 0.6) is 5.75 Å². The van der Waals surface area contributed by atoms with Crippen molar-refractivity contribution < 1.29 is 17.9 Å². The summed E-state index contributed by atoms with van der Waals surface area (Å²) in [5.74, 6) is 0.661. The summed E-state index contributed by atoms with van der Waals surface area (Å²) in [6.07, 6.45) is 0.205. The first kappa shape index (κ1) is 14.2. The third-order valence-electron chi connectivity index (χ3n) is 3.61. The van der Waals surface area contributed by atoms with Crippen LogP contribution in [0.4, 0.5) is 13.2 Å². The Morgan fingerprint density at radius 3 is 2.58 bits per heavy atom. The molecule has 0 aromatic heterocycles. The average Bonchev–Trinajstić information content (AvgIpc) is 2.89. The van der Waals surface area contributed by atoms with Crippen molar-refractivity contribution in [1.82, 2.24) is 0 Å². The molecule has 2 nitrogen and oxygen atoms in total. The van der Waals surface area contributed by atoms with Crippen LogP contribution in [0.1, 0.15) is 31.2 Å². The van der Waals surface area contributed by atoms with Crippen LogP contribution in [0.3, 0.4) is 0 Å². The van der Waals surface area contributed by atoms with Crippen LogP contribution in [0.25, 0.3) is 0 Å². The van der Waals surface area contributed by atoms with Gasteiger partial charge < -0.3 is 10.5 Å². The zero-order valence-corrected chi connectivity index (χ0v) is 10.6. The van der Waals surface area contributed by atoms with Gasteiger partial charge in [-0.3, -0.25) is 0 Å². The Kier molecular flexibility index (Phi) is 4.34. The maximum Gasteiger partial charge on any atom is 0.416 e. The smallest absolute Gasteiger partial charge is 0.416 e. The second-order valence-corrected chi connectivity index (χ2v) is 5.04. The van der Waals surface area contributed by atoms with Crippen molar-refractivity contribution in [3.63, 3.8) is 0 Å². The van der Waals surface area contributed by atoms with Crippen molar-refractivity contribution in [1.29, 1.82) is 0 Å². The summed E-state index contributed by atoms with van der Waals surface area (Å²) in [5, 5.41) is 0. The molecule has 1 aromatic carbocycles. The maximum atomic E-state index is 12.5. The van der Waals surface area contributed by atoms with E-state index in [1.165, 1.54) is 25.0 Å². The molecule has 2 N–H and O–H groups in total. The minimum Gasteiger partial charge on any atom is -0.492 e. The number of benzene rings is 1. The lowest BCUT2D eigenvalue weighted by Gasteiger charge is -2.19. The highest BCUT2D eigenvalue weighted by molar-refractivity contribution is 5.30. The van der Waals surface area contributed by atoms with Crippen molar-refractivity contribution in [3.05, 3.63) is 29.8 Å². The van der Waals surface area contributed by atoms with Gasteiger partial charge in [-0.25, -0.2) is 0 Å². The quantitative estimate of drug-likeness (QED) is 0.909. The zero-order chi connectivity index (χ0) is 13.9. The molecular weight excluding hydrogens is 255 g/mol. The van der Waals surface area contributed by atoms with Gasteiger partial charge in [0.05, 0.1) is 5.56 Å². The lowest BCUT2D eigenvalue weighted by molar-refractivity contribution is -0.137. The number of ether oxygens (including phenoxy) is 1. The highest BCUT2D eigenvalue weighted by Gasteiger charge is 2.30. The van der Waals surface area contributed by atoms with Gasteiger partial charge in [-0.15, -0.1) is 0 Å². The molecule has 5 heteroatoms. The molecule has 0 bridgehead atoms. The molecule has 0 amide bonds. The Balaban J connectivity index is 1.92. The van der Waals surface area contributed by atoms with Gasteiger partial charge >= 0.3 is 6.18 Å². The Morgan fingerprint density at radius 1 is 1.26 bits per heavy atom. The van der Waals surface area contributed by atoms with Gasteiger partial charge in [-0.05, 0) is 37.0 Å². The van der Waals surface area contributed by atoms with E-state index in [0.717, 1.165) is 25.0 Å². The van der Waals surface area contributed by atoms with Gasteiger partial charge in [0.1, 0.15) is 12.4 Å². The molecule has 1 atom stereocenters. The molecule has 2 rings (SSSR count). The highest BCUT2D eigenvalue weighted by Crippen LogP contribution is 2.31. The monoisotopic (exact) mass is 273 g/mol. The first-order chi connectivity index (χ1) is 8.97. The summed E-state index contributed by atoms with van der Waals surface area (Å²) in [5.41, 5.74) is 5.31. The molecule has 19 heavy (non-hydrogen) atoms. The summed E-state index contributed by atoms with van der Waals surface area (Å²) in [6.45, 7) is 0.270. The van der Waals surface area contributed by atoms with Crippen molar-refractivity contribution in [2.75, 3.05) is 6.61 Å². The predicted molar refractivity (Wildman–Crippen MR) is 66.9 cm³/mol. The molecule has 1 saturated carbocycles. The van der Waals surface area contributed by atoms with Crippen LogP contribution in [-0.2, 0) is 6.18 Å². The number of halogens is 3. The van der Waals surface area contributed by atoms with E-state index < -0.39 is 11.7 Å². The van der Waals surface area contributed by atoms with E-state index in [4.69, 9.17) is 10.5 Å². The second kappa shape index (κ2) is 5.82. The standard InChI is InChI=1S/C14H18F3NO/c15-14(16,17)11-6-3-7-12(8-11)19-9-13(18)10-4-1-2-5-10/h3,6-8,10,13H,1-2,4-5,9,18H2. The Morgan fingerprint density at radius 2 is 1.95 bits per heavy atom. The Labute approximate surface area is 110 Å². The lowest BCUT2D eigenvalue weighted by Crippen LogP contribution is -2.34. The molecular formula is C14H18F3NO. The summed E-state index contributed by atoms with van der Waals surface area (Å²) in [6, 6.07) is 4.82. The van der Waals surface area contributed by atoms with Gasteiger partial charge in [0.15, 0.2) is 0 Å². The lowest BCUT2D eigenvalue weighted by atomic mass is 10.00. The zero-order valence-electron chi connectivity index (χ0n) is 10.6. The molecule has 0 saturated heterocycles. The molecule has 1 unspecified atom stereocenters. The molecule has 1 aromatic rings. The fourth-order valence-corrected chi connectivity index (χ4v) is 2.48. The van der Waals surface area contributed by atoms with E-state index in [0.29, 0.717) is 5.92 Å². The van der Waals surface area contributed by atoms with Gasteiger partial charge in [-0.1, -0.05) is 18.9 Å². The third-order valence-corrected chi connectivity index (χ3v) is 3.61. The van der Waals surface area contributed by atoms with Crippen molar-refractivity contribution >= 4 is 0 Å². The van der Waals surface area contributed by atoms with Crippen LogP contribution >= 0.6 is 0 Å². The highest BCUT2D eigenvalue weighted by atomic mass is 19.4. The molecule has 1 fully saturated rings. The molecule has 0 aliphatic heterocycles. The Hall–Kier alpha value is -1.23. The minimum absolute atomic E-state index is 0.1000. The summed E-state index contributed by atoms with van der Waals surface area (Å²) >= 11 is 0. The predicted octanol–water partition coefficient (Wildman–Crippen LogP) is 3.60. The first-order valence-electron chi connectivity index (χ1n) is 6.52. The normalized spacial score (nSPS) is 18.5. The number of rotatable bonds is 4. The van der Waals surface area contributed by atoms with E-state index in [1.54, 1.807) is 0 Å². The third kappa shape index (κ3) is 3.86. The first-order valence-corrected chi connectivity index (χ1v) is 6.52. The molecule has 0 radical (unpaired) electrons. The van der Waals surface area contributed by atoms with Crippen molar-refractivity contribution in [2.24, 2.45) is 11.7 Å². The van der Waals surface area contributed by atoms with E-state index in [1.807, 2.05) is 0 Å². The van der Waals surface area contributed by atoms with E-state index in [-0.39, 0.29) is 18.4 Å². The summed E-state index contributed by atoms with van der Waals surface area (Å²) in [7, 11) is 0.